The van der Waals surface area contributed by atoms with Gasteiger partial charge in [0.1, 0.15) is 11.2 Å². The van der Waals surface area contributed by atoms with Crippen molar-refractivity contribution in [2.45, 2.75) is 18.6 Å². The first-order valence-electron chi connectivity index (χ1n) is 2.98. The largest absolute Gasteiger partial charge is 0.480 e. The van der Waals surface area contributed by atoms with Crippen LogP contribution in [0.5, 0.6) is 0 Å². The Balaban J connectivity index is 2.47. The van der Waals surface area contributed by atoms with Gasteiger partial charge in [-0.3, -0.25) is 4.79 Å². The summed E-state index contributed by atoms with van der Waals surface area (Å²) in [5, 5.41) is 12.0. The predicted octanol–water partition coefficient (Wildman–Crippen LogP) is -0.260. The van der Waals surface area contributed by atoms with Gasteiger partial charge in [-0.1, -0.05) is 16.8 Å². The maximum absolute atomic E-state index is 10.3. The molecule has 2 atom stereocenters. The van der Waals surface area contributed by atoms with Crippen LogP contribution in [0.25, 0.3) is 0 Å². The van der Waals surface area contributed by atoms with E-state index in [9.17, 15) is 4.79 Å². The monoisotopic (exact) mass is 178 g/mol. The molecule has 11 heavy (non-hydrogen) atoms. The van der Waals surface area contributed by atoms with Crippen LogP contribution in [0.4, 0.5) is 0 Å². The molecule has 6 heteroatoms. The molecule has 0 aliphatic carbocycles. The molecule has 1 aliphatic rings. The first kappa shape index (κ1) is 8.29. The molecule has 5 nitrogen and oxygen atoms in total. The minimum atomic E-state index is -1.11. The number of carbonyl (C=O) groups is 1. The van der Waals surface area contributed by atoms with E-state index in [0.29, 0.717) is 0 Å². The molecule has 0 radical (unpaired) electrons. The highest BCUT2D eigenvalue weighted by atomic mass is 35.5. The SMILES string of the molecule is N[C@@H](C(=O)O)[C@@H]1CC(Cl)=NO1. The number of carboxylic acid groups (broad SMARTS) is 1. The molecule has 0 aromatic heterocycles. The number of halogens is 1. The molecule has 0 saturated carbocycles. The van der Waals surface area contributed by atoms with Gasteiger partial charge in [-0.25, -0.2) is 0 Å². The van der Waals surface area contributed by atoms with Crippen molar-refractivity contribution in [3.8, 4) is 0 Å². The summed E-state index contributed by atoms with van der Waals surface area (Å²) < 4.78 is 0. The van der Waals surface area contributed by atoms with E-state index < -0.39 is 18.1 Å². The normalized spacial score (nSPS) is 25.6. The molecule has 0 aromatic rings. The van der Waals surface area contributed by atoms with Crippen LogP contribution in [0, 0.1) is 0 Å². The summed E-state index contributed by atoms with van der Waals surface area (Å²) in [6.45, 7) is 0. The van der Waals surface area contributed by atoms with Gasteiger partial charge in [0.15, 0.2) is 6.10 Å². The zero-order chi connectivity index (χ0) is 8.43. The Morgan fingerprint density at radius 1 is 2.00 bits per heavy atom. The van der Waals surface area contributed by atoms with Crippen LogP contribution in [0.15, 0.2) is 5.16 Å². The smallest absolute Gasteiger partial charge is 0.324 e. The molecule has 0 fully saturated rings. The van der Waals surface area contributed by atoms with Gasteiger partial charge in [0.05, 0.1) is 0 Å². The number of oxime groups is 1. The average Bonchev–Trinajstić information content (AvgIpc) is 2.34. The van der Waals surface area contributed by atoms with Gasteiger partial charge in [0, 0.05) is 6.42 Å². The van der Waals surface area contributed by atoms with E-state index >= 15 is 0 Å². The number of carboxylic acids is 1. The summed E-state index contributed by atoms with van der Waals surface area (Å²) in [7, 11) is 0. The van der Waals surface area contributed by atoms with Gasteiger partial charge in [-0.2, -0.15) is 0 Å². The van der Waals surface area contributed by atoms with E-state index in [1.807, 2.05) is 0 Å². The molecule has 1 heterocycles. The summed E-state index contributed by atoms with van der Waals surface area (Å²) >= 11 is 5.43. The molecule has 0 saturated heterocycles. The van der Waals surface area contributed by atoms with Gasteiger partial charge in [0.2, 0.25) is 0 Å². The van der Waals surface area contributed by atoms with E-state index in [1.165, 1.54) is 0 Å². The van der Waals surface area contributed by atoms with Crippen molar-refractivity contribution < 1.29 is 14.7 Å². The van der Waals surface area contributed by atoms with E-state index in [-0.39, 0.29) is 11.6 Å². The molecule has 0 aromatic carbocycles. The topological polar surface area (TPSA) is 84.9 Å². The second-order valence-corrected chi connectivity index (χ2v) is 2.62. The zero-order valence-corrected chi connectivity index (χ0v) is 6.28. The Bertz CT molecular complexity index is 206. The minimum Gasteiger partial charge on any atom is -0.480 e. The van der Waals surface area contributed by atoms with Crippen molar-refractivity contribution >= 4 is 22.7 Å². The molecule has 0 bridgehead atoms. The third-order valence-corrected chi connectivity index (χ3v) is 1.57. The lowest BCUT2D eigenvalue weighted by atomic mass is 10.1. The highest BCUT2D eigenvalue weighted by Gasteiger charge is 2.30. The summed E-state index contributed by atoms with van der Waals surface area (Å²) in [4.78, 5) is 14.9. The third-order valence-electron chi connectivity index (χ3n) is 1.34. The Morgan fingerprint density at radius 3 is 3.00 bits per heavy atom. The summed E-state index contributed by atoms with van der Waals surface area (Å²) in [5.41, 5.74) is 5.23. The molecule has 3 N–H and O–H groups in total. The third kappa shape index (κ3) is 1.81. The van der Waals surface area contributed by atoms with Gasteiger partial charge in [0.25, 0.3) is 0 Å². The first-order valence-corrected chi connectivity index (χ1v) is 3.35. The number of nitrogens with zero attached hydrogens (tertiary/aromatic N) is 1. The molecular formula is C5H7ClN2O3. The Kier molecular flexibility index (Phi) is 2.31. The van der Waals surface area contributed by atoms with Crippen molar-refractivity contribution in [2.75, 3.05) is 0 Å². The minimum absolute atomic E-state index is 0.256. The second-order valence-electron chi connectivity index (χ2n) is 2.18. The summed E-state index contributed by atoms with van der Waals surface area (Å²) in [6.07, 6.45) is -0.352. The standard InChI is InChI=1S/C5H7ClN2O3/c6-3-1-2(11-8-3)4(7)5(9)10/h2,4H,1,7H2,(H,9,10)/t2-,4+/m0/s1. The van der Waals surface area contributed by atoms with Crippen LogP contribution >= 0.6 is 11.6 Å². The van der Waals surface area contributed by atoms with Crippen molar-refractivity contribution in [1.29, 1.82) is 0 Å². The molecular weight excluding hydrogens is 172 g/mol. The van der Waals surface area contributed by atoms with E-state index in [0.717, 1.165) is 0 Å². The first-order chi connectivity index (χ1) is 5.11. The highest BCUT2D eigenvalue weighted by Crippen LogP contribution is 2.14. The van der Waals surface area contributed by atoms with E-state index in [2.05, 4.69) is 9.99 Å². The van der Waals surface area contributed by atoms with Gasteiger partial charge in [-0.15, -0.1) is 0 Å². The maximum atomic E-state index is 10.3. The predicted molar refractivity (Wildman–Crippen MR) is 38.4 cm³/mol. The van der Waals surface area contributed by atoms with Crippen LogP contribution in [0.2, 0.25) is 0 Å². The second kappa shape index (κ2) is 3.06. The zero-order valence-electron chi connectivity index (χ0n) is 5.53. The molecule has 0 amide bonds. The van der Waals surface area contributed by atoms with Crippen LogP contribution in [-0.2, 0) is 9.63 Å². The summed E-state index contributed by atoms with van der Waals surface area (Å²) in [5.74, 6) is -1.11. The van der Waals surface area contributed by atoms with Crippen molar-refractivity contribution in [1.82, 2.24) is 0 Å². The van der Waals surface area contributed by atoms with Crippen LogP contribution < -0.4 is 5.73 Å². The molecule has 0 unspecified atom stereocenters. The van der Waals surface area contributed by atoms with E-state index in [4.69, 9.17) is 22.4 Å². The Morgan fingerprint density at radius 2 is 2.64 bits per heavy atom. The average molecular weight is 179 g/mol. The molecule has 1 aliphatic heterocycles. The number of hydrogen-bond donors (Lipinski definition) is 2. The highest BCUT2D eigenvalue weighted by molar-refractivity contribution is 6.65. The van der Waals surface area contributed by atoms with Crippen molar-refractivity contribution in [3.63, 3.8) is 0 Å². The number of aliphatic carboxylic acids is 1. The van der Waals surface area contributed by atoms with Gasteiger partial charge in [-0.05, 0) is 0 Å². The molecule has 62 valence electrons. The molecule has 0 spiro atoms. The maximum Gasteiger partial charge on any atom is 0.324 e. The number of nitrogens with two attached hydrogens (primary N) is 1. The van der Waals surface area contributed by atoms with Crippen molar-refractivity contribution in [2.24, 2.45) is 10.9 Å². The van der Waals surface area contributed by atoms with E-state index in [1.54, 1.807) is 0 Å². The number of hydrogen-bond acceptors (Lipinski definition) is 4. The Hall–Kier alpha value is -0.810. The lowest BCUT2D eigenvalue weighted by molar-refractivity contribution is -0.141. The molecule has 1 rings (SSSR count). The van der Waals surface area contributed by atoms with Crippen LogP contribution in [0.3, 0.4) is 0 Å². The van der Waals surface area contributed by atoms with Gasteiger partial charge >= 0.3 is 5.97 Å². The number of rotatable bonds is 2. The van der Waals surface area contributed by atoms with Crippen LogP contribution in [0.1, 0.15) is 6.42 Å². The summed E-state index contributed by atoms with van der Waals surface area (Å²) in [6, 6.07) is -1.06. The quantitative estimate of drug-likeness (QED) is 0.610. The van der Waals surface area contributed by atoms with Crippen molar-refractivity contribution in [3.05, 3.63) is 0 Å². The fourth-order valence-electron chi connectivity index (χ4n) is 0.717. The lowest BCUT2D eigenvalue weighted by Crippen LogP contribution is -2.41. The fraction of sp³-hybridized carbons (Fsp3) is 0.600. The lowest BCUT2D eigenvalue weighted by Gasteiger charge is -2.11. The Labute approximate surface area is 67.8 Å². The van der Waals surface area contributed by atoms with Gasteiger partial charge < -0.3 is 15.7 Å². The fourth-order valence-corrected chi connectivity index (χ4v) is 0.909. The van der Waals surface area contributed by atoms with Crippen LogP contribution in [-0.4, -0.2) is 28.4 Å².